The number of hydrogen-bond donors (Lipinski definition) is 1. The third-order valence-corrected chi connectivity index (χ3v) is 8.40. The van der Waals surface area contributed by atoms with Crippen LogP contribution in [-0.4, -0.2) is 48.3 Å². The summed E-state index contributed by atoms with van der Waals surface area (Å²) in [7, 11) is -3.76. The van der Waals surface area contributed by atoms with Crippen LogP contribution in [0.2, 0.25) is 0 Å². The van der Waals surface area contributed by atoms with Crippen molar-refractivity contribution in [2.75, 3.05) is 6.54 Å². The van der Waals surface area contributed by atoms with E-state index in [9.17, 15) is 18.0 Å². The highest BCUT2D eigenvalue weighted by Crippen LogP contribution is 2.25. The highest BCUT2D eigenvalue weighted by atomic mass is 32.2. The minimum Gasteiger partial charge on any atom is -0.451 e. The van der Waals surface area contributed by atoms with Crippen molar-refractivity contribution in [3.63, 3.8) is 0 Å². The molecule has 8 nitrogen and oxygen atoms in total. The molecule has 4 rings (SSSR count). The zero-order valence-electron chi connectivity index (χ0n) is 21.2. The lowest BCUT2D eigenvalue weighted by Crippen LogP contribution is -2.50. The average Bonchev–Trinajstić information content (AvgIpc) is 2.95. The van der Waals surface area contributed by atoms with Gasteiger partial charge >= 0.3 is 5.97 Å². The van der Waals surface area contributed by atoms with Crippen LogP contribution in [-0.2, 0) is 43.1 Å². The lowest BCUT2D eigenvalue weighted by molar-refractivity contribution is -0.160. The van der Waals surface area contributed by atoms with Crippen LogP contribution < -0.4 is 5.32 Å². The molecule has 9 heteroatoms. The minimum absolute atomic E-state index is 0.194. The number of sulfonamides is 1. The largest absolute Gasteiger partial charge is 0.451 e. The highest BCUT2D eigenvalue weighted by Gasteiger charge is 2.39. The molecule has 0 spiro atoms. The Morgan fingerprint density at radius 1 is 0.947 bits per heavy atom. The maximum atomic E-state index is 13.4. The summed E-state index contributed by atoms with van der Waals surface area (Å²) < 4.78 is 33.6. The number of aryl methyl sites for hydroxylation is 1. The molecule has 1 unspecified atom stereocenters. The summed E-state index contributed by atoms with van der Waals surface area (Å²) in [6, 6.07) is 21.2. The zero-order valence-corrected chi connectivity index (χ0v) is 22.1. The molecule has 0 saturated carbocycles. The van der Waals surface area contributed by atoms with Crippen LogP contribution in [0.25, 0.3) is 0 Å². The van der Waals surface area contributed by atoms with Gasteiger partial charge in [-0.05, 0) is 54.9 Å². The number of nitrogens with one attached hydrogen (secondary N) is 1. The van der Waals surface area contributed by atoms with Crippen molar-refractivity contribution in [1.82, 2.24) is 14.6 Å². The fraction of sp³-hybridized carbons (Fsp3) is 0.345. The van der Waals surface area contributed by atoms with Gasteiger partial charge in [0.2, 0.25) is 10.0 Å². The predicted molar refractivity (Wildman–Crippen MR) is 144 cm³/mol. The van der Waals surface area contributed by atoms with Crippen molar-refractivity contribution in [2.45, 2.75) is 56.5 Å². The number of esters is 1. The van der Waals surface area contributed by atoms with Crippen molar-refractivity contribution >= 4 is 21.9 Å². The molecule has 1 fully saturated rings. The number of nitrogens with zero attached hydrogens (tertiary/aromatic N) is 2. The lowest BCUT2D eigenvalue weighted by atomic mass is 10.0. The Hall–Kier alpha value is -3.56. The summed E-state index contributed by atoms with van der Waals surface area (Å²) in [6.45, 7) is 0.490. The molecule has 38 heavy (non-hydrogen) atoms. The van der Waals surface area contributed by atoms with Gasteiger partial charge in [-0.2, -0.15) is 4.31 Å². The summed E-state index contributed by atoms with van der Waals surface area (Å²) in [4.78, 5) is 30.6. The van der Waals surface area contributed by atoms with E-state index < -0.39 is 34.0 Å². The Kier molecular flexibility index (Phi) is 9.62. The van der Waals surface area contributed by atoms with E-state index in [2.05, 4.69) is 10.3 Å². The van der Waals surface area contributed by atoms with Crippen LogP contribution in [0.5, 0.6) is 0 Å². The Morgan fingerprint density at radius 2 is 1.63 bits per heavy atom. The van der Waals surface area contributed by atoms with Gasteiger partial charge in [-0.15, -0.1) is 0 Å². The molecule has 2 heterocycles. The van der Waals surface area contributed by atoms with Gasteiger partial charge in [0, 0.05) is 25.5 Å². The number of hydrogen-bond acceptors (Lipinski definition) is 6. The molecule has 0 bridgehead atoms. The standard InChI is InChI=1S/C29H33N3O5S/c33-28(31-21-25-14-9-18-30-20-25)27(17-16-23-10-3-1-4-11-23)37-29(34)26-15-7-8-19-32(26)38(35,36)22-24-12-5-2-6-13-24/h1-6,9-14,18,20,26-27H,7-8,15-17,19,21-22H2,(H,31,33)/t26-,27?/m0/s1. The summed E-state index contributed by atoms with van der Waals surface area (Å²) in [5.74, 6) is -1.30. The van der Waals surface area contributed by atoms with Gasteiger partial charge in [-0.1, -0.05) is 66.7 Å². The molecule has 1 N–H and O–H groups in total. The van der Waals surface area contributed by atoms with Crippen LogP contribution in [0.15, 0.2) is 85.2 Å². The Bertz CT molecular complexity index is 1290. The first-order valence-corrected chi connectivity index (χ1v) is 14.5. The Balaban J connectivity index is 1.47. The molecule has 1 amide bonds. The van der Waals surface area contributed by atoms with E-state index in [4.69, 9.17) is 4.74 Å². The molecule has 2 atom stereocenters. The summed E-state index contributed by atoms with van der Waals surface area (Å²) in [5.41, 5.74) is 2.48. The van der Waals surface area contributed by atoms with E-state index in [1.807, 2.05) is 42.5 Å². The number of piperidine rings is 1. The van der Waals surface area contributed by atoms with E-state index in [1.54, 1.807) is 42.7 Å². The topological polar surface area (TPSA) is 106 Å². The van der Waals surface area contributed by atoms with E-state index in [0.29, 0.717) is 31.2 Å². The number of amides is 1. The number of carbonyl (C=O) groups is 2. The van der Waals surface area contributed by atoms with Crippen molar-refractivity contribution in [3.8, 4) is 0 Å². The van der Waals surface area contributed by atoms with Crippen molar-refractivity contribution < 1.29 is 22.7 Å². The van der Waals surface area contributed by atoms with E-state index in [1.165, 1.54) is 4.31 Å². The number of rotatable bonds is 11. The highest BCUT2D eigenvalue weighted by molar-refractivity contribution is 7.88. The second kappa shape index (κ2) is 13.3. The van der Waals surface area contributed by atoms with E-state index in [0.717, 1.165) is 11.1 Å². The second-order valence-corrected chi connectivity index (χ2v) is 11.3. The number of ether oxygens (including phenoxy) is 1. The molecule has 3 aromatic rings. The average molecular weight is 536 g/mol. The van der Waals surface area contributed by atoms with Gasteiger partial charge < -0.3 is 10.1 Å². The normalized spacial score (nSPS) is 16.9. The van der Waals surface area contributed by atoms with Crippen molar-refractivity contribution in [1.29, 1.82) is 0 Å². The summed E-state index contributed by atoms with van der Waals surface area (Å²) in [5, 5.41) is 2.83. The zero-order chi connectivity index (χ0) is 26.8. The van der Waals surface area contributed by atoms with Crippen LogP contribution in [0.1, 0.15) is 42.4 Å². The monoisotopic (exact) mass is 535 g/mol. The van der Waals surface area contributed by atoms with Crippen LogP contribution in [0, 0.1) is 0 Å². The van der Waals surface area contributed by atoms with Crippen LogP contribution in [0.4, 0.5) is 0 Å². The Morgan fingerprint density at radius 3 is 2.32 bits per heavy atom. The molecule has 1 saturated heterocycles. The Labute approximate surface area is 224 Å². The molecule has 1 aliphatic heterocycles. The second-order valence-electron chi connectivity index (χ2n) is 9.39. The summed E-state index contributed by atoms with van der Waals surface area (Å²) >= 11 is 0. The number of pyridine rings is 1. The smallest absolute Gasteiger partial charge is 0.325 e. The molecule has 0 radical (unpaired) electrons. The van der Waals surface area contributed by atoms with E-state index >= 15 is 0 Å². The van der Waals surface area contributed by atoms with Gasteiger partial charge in [-0.3, -0.25) is 14.6 Å². The summed E-state index contributed by atoms with van der Waals surface area (Å²) in [6.07, 6.45) is 4.79. The van der Waals surface area contributed by atoms with Crippen molar-refractivity contribution in [2.24, 2.45) is 0 Å². The first kappa shape index (κ1) is 27.5. The fourth-order valence-corrected chi connectivity index (χ4v) is 6.32. The minimum atomic E-state index is -3.76. The maximum absolute atomic E-state index is 13.4. The van der Waals surface area contributed by atoms with Gasteiger partial charge in [0.25, 0.3) is 5.91 Å². The molecular formula is C29H33N3O5S. The van der Waals surface area contributed by atoms with Crippen LogP contribution >= 0.6 is 0 Å². The number of aromatic nitrogens is 1. The molecule has 1 aliphatic rings. The third-order valence-electron chi connectivity index (χ3n) is 6.55. The van der Waals surface area contributed by atoms with E-state index in [-0.39, 0.29) is 25.3 Å². The maximum Gasteiger partial charge on any atom is 0.325 e. The first-order chi connectivity index (χ1) is 18.4. The molecule has 1 aromatic heterocycles. The SMILES string of the molecule is O=C(NCc1cccnc1)C(CCc1ccccc1)OC(=O)[C@@H]1CCCCN1S(=O)(=O)Cc1ccccc1. The third kappa shape index (κ3) is 7.72. The van der Waals surface area contributed by atoms with Gasteiger partial charge in [0.1, 0.15) is 6.04 Å². The molecule has 0 aliphatic carbocycles. The molecular weight excluding hydrogens is 502 g/mol. The fourth-order valence-electron chi connectivity index (χ4n) is 4.55. The molecule has 200 valence electrons. The number of carbonyl (C=O) groups excluding carboxylic acids is 2. The molecule has 2 aromatic carbocycles. The van der Waals surface area contributed by atoms with Gasteiger partial charge in [-0.25, -0.2) is 8.42 Å². The van der Waals surface area contributed by atoms with Crippen LogP contribution in [0.3, 0.4) is 0 Å². The van der Waals surface area contributed by atoms with Gasteiger partial charge in [0.05, 0.1) is 5.75 Å². The quantitative estimate of drug-likeness (QED) is 0.376. The number of benzene rings is 2. The van der Waals surface area contributed by atoms with Gasteiger partial charge in [0.15, 0.2) is 6.10 Å². The first-order valence-electron chi connectivity index (χ1n) is 12.9. The predicted octanol–water partition coefficient (Wildman–Crippen LogP) is 3.63. The lowest BCUT2D eigenvalue weighted by Gasteiger charge is -2.34. The van der Waals surface area contributed by atoms with Crippen molar-refractivity contribution in [3.05, 3.63) is 102 Å².